The Labute approximate surface area is 120 Å². The minimum absolute atomic E-state index is 0.0762. The molecule has 1 fully saturated rings. The summed E-state index contributed by atoms with van der Waals surface area (Å²) in [5.74, 6) is 1.73. The molecule has 0 amide bonds. The predicted molar refractivity (Wildman–Crippen MR) is 81.5 cm³/mol. The van der Waals surface area contributed by atoms with Crippen LogP contribution in [-0.4, -0.2) is 61.2 Å². The Kier molecular flexibility index (Phi) is 5.14. The summed E-state index contributed by atoms with van der Waals surface area (Å²) in [5.41, 5.74) is -0.0762. The van der Waals surface area contributed by atoms with Crippen LogP contribution in [0.4, 0.5) is 5.82 Å². The third-order valence-electron chi connectivity index (χ3n) is 3.65. The topological polar surface area (TPSA) is 64.3 Å². The monoisotopic (exact) mass is 279 g/mol. The molecule has 0 saturated carbocycles. The Bertz CT molecular complexity index is 479. The van der Waals surface area contributed by atoms with Crippen LogP contribution in [0.5, 0.6) is 0 Å². The molecule has 1 saturated heterocycles. The summed E-state index contributed by atoms with van der Waals surface area (Å²) < 4.78 is 0. The highest BCUT2D eigenvalue weighted by molar-refractivity contribution is 5.36. The summed E-state index contributed by atoms with van der Waals surface area (Å²) in [6, 6.07) is 1.57. The van der Waals surface area contributed by atoms with Crippen LogP contribution in [0.25, 0.3) is 0 Å². The first-order chi connectivity index (χ1) is 9.56. The first-order valence-corrected chi connectivity index (χ1v) is 7.31. The molecule has 112 valence electrons. The van der Waals surface area contributed by atoms with Gasteiger partial charge in [-0.3, -0.25) is 9.69 Å². The molecular formula is C14H25N5O. The zero-order valence-electron chi connectivity index (χ0n) is 12.6. The molecule has 20 heavy (non-hydrogen) atoms. The number of anilines is 1. The number of hydrogen-bond acceptors (Lipinski definition) is 5. The van der Waals surface area contributed by atoms with E-state index in [2.05, 4.69) is 25.1 Å². The molecule has 0 spiro atoms. The van der Waals surface area contributed by atoms with Crippen LogP contribution >= 0.6 is 0 Å². The molecule has 1 aromatic heterocycles. The van der Waals surface area contributed by atoms with Gasteiger partial charge in [-0.1, -0.05) is 13.8 Å². The summed E-state index contributed by atoms with van der Waals surface area (Å²) in [5, 5.41) is 3.35. The summed E-state index contributed by atoms with van der Waals surface area (Å²) in [6.45, 7) is 10.2. The molecule has 0 aliphatic carbocycles. The number of piperazine rings is 1. The summed E-state index contributed by atoms with van der Waals surface area (Å²) in [6.07, 6.45) is 0. The molecule has 1 aliphatic heterocycles. The van der Waals surface area contributed by atoms with E-state index in [-0.39, 0.29) is 11.5 Å². The van der Waals surface area contributed by atoms with Gasteiger partial charge in [-0.2, -0.15) is 0 Å². The van der Waals surface area contributed by atoms with Crippen molar-refractivity contribution in [2.24, 2.45) is 0 Å². The van der Waals surface area contributed by atoms with Crippen LogP contribution in [-0.2, 0) is 0 Å². The fourth-order valence-corrected chi connectivity index (χ4v) is 2.27. The van der Waals surface area contributed by atoms with Gasteiger partial charge in [0.2, 0.25) is 0 Å². The van der Waals surface area contributed by atoms with Crippen molar-refractivity contribution in [2.75, 3.05) is 51.2 Å². The van der Waals surface area contributed by atoms with Crippen LogP contribution in [0.3, 0.4) is 0 Å². The van der Waals surface area contributed by atoms with Gasteiger partial charge in [-0.25, -0.2) is 4.98 Å². The maximum absolute atomic E-state index is 11.7. The van der Waals surface area contributed by atoms with Crippen molar-refractivity contribution >= 4 is 5.82 Å². The molecule has 0 aromatic carbocycles. The highest BCUT2D eigenvalue weighted by Gasteiger charge is 2.12. The van der Waals surface area contributed by atoms with E-state index >= 15 is 0 Å². The van der Waals surface area contributed by atoms with E-state index in [9.17, 15) is 4.79 Å². The molecule has 0 radical (unpaired) electrons. The summed E-state index contributed by atoms with van der Waals surface area (Å²) in [7, 11) is 1.99. The number of aromatic nitrogens is 2. The summed E-state index contributed by atoms with van der Waals surface area (Å²) in [4.78, 5) is 23.5. The second-order valence-corrected chi connectivity index (χ2v) is 5.66. The van der Waals surface area contributed by atoms with Crippen LogP contribution in [0, 0.1) is 0 Å². The molecule has 6 heteroatoms. The maximum Gasteiger partial charge on any atom is 0.252 e. The van der Waals surface area contributed by atoms with Gasteiger partial charge in [-0.15, -0.1) is 0 Å². The first kappa shape index (κ1) is 15.0. The maximum atomic E-state index is 11.7. The van der Waals surface area contributed by atoms with Crippen molar-refractivity contribution in [3.63, 3.8) is 0 Å². The molecular weight excluding hydrogens is 254 g/mol. The van der Waals surface area contributed by atoms with Gasteiger partial charge >= 0.3 is 0 Å². The SMILES string of the molecule is CC(C)c1nc(N(C)CCN2CCNCC2)cc(=O)[nH]1. The van der Waals surface area contributed by atoms with Gasteiger partial charge in [0.25, 0.3) is 5.56 Å². The fourth-order valence-electron chi connectivity index (χ4n) is 2.27. The van der Waals surface area contributed by atoms with E-state index in [4.69, 9.17) is 0 Å². The molecule has 1 aromatic rings. The molecule has 6 nitrogen and oxygen atoms in total. The molecule has 0 atom stereocenters. The third kappa shape index (κ3) is 4.05. The van der Waals surface area contributed by atoms with E-state index in [1.807, 2.05) is 20.9 Å². The van der Waals surface area contributed by atoms with Gasteiger partial charge < -0.3 is 15.2 Å². The number of likely N-dealkylation sites (N-methyl/N-ethyl adjacent to an activating group) is 1. The quantitative estimate of drug-likeness (QED) is 0.808. The van der Waals surface area contributed by atoms with Crippen molar-refractivity contribution < 1.29 is 0 Å². The van der Waals surface area contributed by atoms with E-state index in [1.54, 1.807) is 6.07 Å². The van der Waals surface area contributed by atoms with Crippen LogP contribution in [0.1, 0.15) is 25.6 Å². The van der Waals surface area contributed by atoms with Crippen molar-refractivity contribution in [1.82, 2.24) is 20.2 Å². The first-order valence-electron chi connectivity index (χ1n) is 7.31. The van der Waals surface area contributed by atoms with Gasteiger partial charge in [0.05, 0.1) is 0 Å². The van der Waals surface area contributed by atoms with Crippen molar-refractivity contribution in [1.29, 1.82) is 0 Å². The minimum atomic E-state index is -0.0762. The van der Waals surface area contributed by atoms with Crippen molar-refractivity contribution in [3.05, 3.63) is 22.2 Å². The Hall–Kier alpha value is -1.40. The highest BCUT2D eigenvalue weighted by atomic mass is 16.1. The second kappa shape index (κ2) is 6.85. The van der Waals surface area contributed by atoms with Gasteiger partial charge in [0.15, 0.2) is 0 Å². The fraction of sp³-hybridized carbons (Fsp3) is 0.714. The van der Waals surface area contributed by atoms with E-state index in [0.29, 0.717) is 0 Å². The highest BCUT2D eigenvalue weighted by Crippen LogP contribution is 2.11. The minimum Gasteiger partial charge on any atom is -0.358 e. The molecule has 0 bridgehead atoms. The zero-order chi connectivity index (χ0) is 14.5. The molecule has 2 rings (SSSR count). The average molecular weight is 279 g/mol. The number of nitrogens with zero attached hydrogens (tertiary/aromatic N) is 3. The largest absolute Gasteiger partial charge is 0.358 e. The van der Waals surface area contributed by atoms with Gasteiger partial charge in [-0.05, 0) is 0 Å². The molecule has 2 N–H and O–H groups in total. The Morgan fingerprint density at radius 2 is 2.10 bits per heavy atom. The number of aromatic amines is 1. The predicted octanol–water partition coefficient (Wildman–Crippen LogP) is 0.235. The van der Waals surface area contributed by atoms with E-state index in [1.165, 1.54) is 0 Å². The number of hydrogen-bond donors (Lipinski definition) is 2. The second-order valence-electron chi connectivity index (χ2n) is 5.66. The Balaban J connectivity index is 1.97. The normalized spacial score (nSPS) is 16.6. The van der Waals surface area contributed by atoms with Gasteiger partial charge in [0, 0.05) is 58.3 Å². The zero-order valence-corrected chi connectivity index (χ0v) is 12.6. The van der Waals surface area contributed by atoms with Crippen LogP contribution in [0.15, 0.2) is 10.9 Å². The smallest absolute Gasteiger partial charge is 0.252 e. The third-order valence-corrected chi connectivity index (χ3v) is 3.65. The average Bonchev–Trinajstić information content (AvgIpc) is 2.45. The van der Waals surface area contributed by atoms with E-state index in [0.717, 1.165) is 50.9 Å². The molecule has 1 aliphatic rings. The van der Waals surface area contributed by atoms with Gasteiger partial charge in [0.1, 0.15) is 11.6 Å². The van der Waals surface area contributed by atoms with E-state index < -0.39 is 0 Å². The lowest BCUT2D eigenvalue weighted by Gasteiger charge is -2.29. The molecule has 2 heterocycles. The Morgan fingerprint density at radius 3 is 2.75 bits per heavy atom. The molecule has 0 unspecified atom stereocenters. The van der Waals surface area contributed by atoms with Crippen LogP contribution < -0.4 is 15.8 Å². The lowest BCUT2D eigenvalue weighted by atomic mass is 10.2. The van der Waals surface area contributed by atoms with Crippen molar-refractivity contribution in [2.45, 2.75) is 19.8 Å². The lowest BCUT2D eigenvalue weighted by molar-refractivity contribution is 0.246. The Morgan fingerprint density at radius 1 is 1.40 bits per heavy atom. The number of nitrogens with one attached hydrogen (secondary N) is 2. The van der Waals surface area contributed by atoms with Crippen LogP contribution in [0.2, 0.25) is 0 Å². The number of H-pyrrole nitrogens is 1. The standard InChI is InChI=1S/C14H25N5O/c1-11(2)14-16-12(10-13(20)17-14)18(3)8-9-19-6-4-15-5-7-19/h10-11,15H,4-9H2,1-3H3,(H,16,17,20). The lowest BCUT2D eigenvalue weighted by Crippen LogP contribution is -2.46. The number of rotatable bonds is 5. The summed E-state index contributed by atoms with van der Waals surface area (Å²) >= 11 is 0. The van der Waals surface area contributed by atoms with Crippen molar-refractivity contribution in [3.8, 4) is 0 Å².